The summed E-state index contributed by atoms with van der Waals surface area (Å²) in [4.78, 5) is 23.8. The molecule has 0 saturated heterocycles. The zero-order valence-corrected chi connectivity index (χ0v) is 15.2. The average Bonchev–Trinajstić information content (AvgIpc) is 3.41. The van der Waals surface area contributed by atoms with Crippen LogP contribution in [0.1, 0.15) is 34.1 Å². The quantitative estimate of drug-likeness (QED) is 0.540. The minimum atomic E-state index is -0.184. The van der Waals surface area contributed by atoms with Gasteiger partial charge in [-0.3, -0.25) is 9.78 Å². The van der Waals surface area contributed by atoms with Gasteiger partial charge < -0.3 is 14.0 Å². The third-order valence-electron chi connectivity index (χ3n) is 4.40. The zero-order valence-electron chi connectivity index (χ0n) is 14.4. The Balaban J connectivity index is 1.51. The Bertz CT molecular complexity index is 1040. The summed E-state index contributed by atoms with van der Waals surface area (Å²) < 4.78 is 7.34. The molecule has 1 aromatic carbocycles. The molecule has 1 amide bonds. The van der Waals surface area contributed by atoms with Gasteiger partial charge in [0.25, 0.3) is 5.91 Å². The predicted octanol–water partition coefficient (Wildman–Crippen LogP) is 3.36. The lowest BCUT2D eigenvalue weighted by Gasteiger charge is -2.22. The molecular formula is C18H17N5O2S. The molecule has 0 fully saturated rings. The monoisotopic (exact) mass is 367 g/mol. The van der Waals surface area contributed by atoms with Gasteiger partial charge in [-0.05, 0) is 19.1 Å². The molecule has 0 aliphatic heterocycles. The van der Waals surface area contributed by atoms with Crippen LogP contribution in [0.5, 0.6) is 0 Å². The van der Waals surface area contributed by atoms with E-state index >= 15 is 0 Å². The third-order valence-corrected chi connectivity index (χ3v) is 5.34. The predicted molar refractivity (Wildman–Crippen MR) is 98.0 cm³/mol. The number of nitrogens with zero attached hydrogens (tertiary/aromatic N) is 5. The van der Waals surface area contributed by atoms with E-state index in [1.54, 1.807) is 36.0 Å². The molecule has 0 aliphatic rings. The Morgan fingerprint density at radius 3 is 3.04 bits per heavy atom. The van der Waals surface area contributed by atoms with Crippen molar-refractivity contribution in [3.05, 3.63) is 64.7 Å². The number of carbonyl (C=O) groups is 1. The number of benzene rings is 1. The molecule has 4 aromatic rings. The van der Waals surface area contributed by atoms with Crippen LogP contribution in [-0.2, 0) is 6.54 Å². The molecule has 0 bridgehead atoms. The normalized spacial score (nSPS) is 12.4. The zero-order chi connectivity index (χ0) is 18.1. The number of para-hydroxylation sites is 2. The molecule has 1 atom stereocenters. The van der Waals surface area contributed by atoms with E-state index in [0.717, 1.165) is 15.9 Å². The molecule has 0 radical (unpaired) electrons. The molecule has 7 nitrogen and oxygen atoms in total. The van der Waals surface area contributed by atoms with Gasteiger partial charge in [-0.15, -0.1) is 11.3 Å². The second-order valence-electron chi connectivity index (χ2n) is 6.04. The number of hydrogen-bond donors (Lipinski definition) is 0. The molecular weight excluding hydrogens is 350 g/mol. The third kappa shape index (κ3) is 2.99. The van der Waals surface area contributed by atoms with Gasteiger partial charge in [-0.1, -0.05) is 17.3 Å². The van der Waals surface area contributed by atoms with E-state index in [9.17, 15) is 4.79 Å². The Labute approximate surface area is 153 Å². The van der Waals surface area contributed by atoms with Gasteiger partial charge in [0.2, 0.25) is 0 Å². The van der Waals surface area contributed by atoms with Crippen molar-refractivity contribution in [2.75, 3.05) is 7.05 Å². The van der Waals surface area contributed by atoms with Crippen LogP contribution in [0.4, 0.5) is 0 Å². The first-order chi connectivity index (χ1) is 12.6. The second-order valence-corrected chi connectivity index (χ2v) is 6.95. The number of imidazole rings is 1. The van der Waals surface area contributed by atoms with Crippen molar-refractivity contribution in [3.63, 3.8) is 0 Å². The molecule has 0 N–H and O–H groups in total. The minimum Gasteiger partial charge on any atom is -0.359 e. The van der Waals surface area contributed by atoms with Gasteiger partial charge in [-0.25, -0.2) is 4.98 Å². The van der Waals surface area contributed by atoms with Crippen LogP contribution in [0, 0.1) is 0 Å². The lowest BCUT2D eigenvalue weighted by molar-refractivity contribution is 0.0734. The molecule has 0 saturated carbocycles. The van der Waals surface area contributed by atoms with Crippen molar-refractivity contribution in [3.8, 4) is 0 Å². The van der Waals surface area contributed by atoms with E-state index in [0.29, 0.717) is 18.0 Å². The highest BCUT2D eigenvalue weighted by Crippen LogP contribution is 2.23. The summed E-state index contributed by atoms with van der Waals surface area (Å²) >= 11 is 1.52. The molecule has 1 unspecified atom stereocenters. The number of hydrogen-bond acceptors (Lipinski definition) is 6. The number of fused-ring (bicyclic) bond motifs is 1. The maximum Gasteiger partial charge on any atom is 0.276 e. The Morgan fingerprint density at radius 1 is 1.38 bits per heavy atom. The summed E-state index contributed by atoms with van der Waals surface area (Å²) in [6.07, 6.45) is 3.53. The number of carbonyl (C=O) groups excluding carboxylic acids is 1. The van der Waals surface area contributed by atoms with Crippen molar-refractivity contribution in [2.45, 2.75) is 19.5 Å². The van der Waals surface area contributed by atoms with E-state index in [1.807, 2.05) is 35.8 Å². The Kier molecular flexibility index (Phi) is 4.26. The van der Waals surface area contributed by atoms with Crippen molar-refractivity contribution in [2.24, 2.45) is 0 Å². The molecule has 0 aliphatic carbocycles. The lowest BCUT2D eigenvalue weighted by Crippen LogP contribution is -2.29. The molecule has 3 aromatic heterocycles. The van der Waals surface area contributed by atoms with Gasteiger partial charge in [0, 0.05) is 24.2 Å². The standard InChI is InChI=1S/C18H17N5O2S/c1-12(17-8-19-11-26-17)22(2)18(24)15-7-13(25-21-15)9-23-10-20-14-5-3-4-6-16(14)23/h3-8,10-12H,9H2,1-2H3. The summed E-state index contributed by atoms with van der Waals surface area (Å²) in [5.41, 5.74) is 3.98. The van der Waals surface area contributed by atoms with E-state index in [4.69, 9.17) is 4.52 Å². The van der Waals surface area contributed by atoms with Crippen LogP contribution in [0.3, 0.4) is 0 Å². The maximum absolute atomic E-state index is 12.7. The molecule has 8 heteroatoms. The number of amides is 1. The lowest BCUT2D eigenvalue weighted by atomic mass is 10.2. The summed E-state index contributed by atoms with van der Waals surface area (Å²) in [5, 5.41) is 3.95. The van der Waals surface area contributed by atoms with Crippen molar-refractivity contribution in [1.82, 2.24) is 24.6 Å². The summed E-state index contributed by atoms with van der Waals surface area (Å²) in [6, 6.07) is 9.48. The van der Waals surface area contributed by atoms with Crippen LogP contribution in [0.15, 0.2) is 52.9 Å². The van der Waals surface area contributed by atoms with E-state index < -0.39 is 0 Å². The average molecular weight is 367 g/mol. The van der Waals surface area contributed by atoms with Crippen molar-refractivity contribution in [1.29, 1.82) is 0 Å². The minimum absolute atomic E-state index is 0.0762. The molecule has 0 spiro atoms. The summed E-state index contributed by atoms with van der Waals surface area (Å²) in [6.45, 7) is 2.43. The first-order valence-corrected chi connectivity index (χ1v) is 9.02. The van der Waals surface area contributed by atoms with Gasteiger partial charge in [0.05, 0.1) is 35.5 Å². The molecule has 3 heterocycles. The summed E-state index contributed by atoms with van der Waals surface area (Å²) in [7, 11) is 1.75. The maximum atomic E-state index is 12.7. The van der Waals surface area contributed by atoms with Crippen LogP contribution >= 0.6 is 11.3 Å². The van der Waals surface area contributed by atoms with Crippen molar-refractivity contribution < 1.29 is 9.32 Å². The van der Waals surface area contributed by atoms with Crippen LogP contribution in [-0.4, -0.2) is 37.5 Å². The first kappa shape index (κ1) is 16.5. The van der Waals surface area contributed by atoms with Crippen molar-refractivity contribution >= 4 is 28.3 Å². The molecule has 26 heavy (non-hydrogen) atoms. The largest absolute Gasteiger partial charge is 0.359 e. The number of thiazole rings is 1. The SMILES string of the molecule is CC(c1cncs1)N(C)C(=O)c1cc(Cn2cnc3ccccc32)on1. The smallest absolute Gasteiger partial charge is 0.276 e. The van der Waals surface area contributed by atoms with Gasteiger partial charge >= 0.3 is 0 Å². The van der Waals surface area contributed by atoms with Gasteiger partial charge in [0.15, 0.2) is 11.5 Å². The first-order valence-electron chi connectivity index (χ1n) is 8.14. The van der Waals surface area contributed by atoms with Crippen LogP contribution in [0.2, 0.25) is 0 Å². The highest BCUT2D eigenvalue weighted by atomic mass is 32.1. The highest BCUT2D eigenvalue weighted by molar-refractivity contribution is 7.09. The van der Waals surface area contributed by atoms with E-state index in [1.165, 1.54) is 11.3 Å². The summed E-state index contributed by atoms with van der Waals surface area (Å²) in [5.74, 6) is 0.423. The highest BCUT2D eigenvalue weighted by Gasteiger charge is 2.23. The van der Waals surface area contributed by atoms with E-state index in [2.05, 4.69) is 15.1 Å². The Hall–Kier alpha value is -3.00. The second kappa shape index (κ2) is 6.72. The fourth-order valence-corrected chi connectivity index (χ4v) is 3.49. The number of aromatic nitrogens is 4. The fourth-order valence-electron chi connectivity index (χ4n) is 2.77. The fraction of sp³-hybridized carbons (Fsp3) is 0.222. The van der Waals surface area contributed by atoms with Crippen LogP contribution in [0.25, 0.3) is 11.0 Å². The van der Waals surface area contributed by atoms with Crippen LogP contribution < -0.4 is 0 Å². The van der Waals surface area contributed by atoms with E-state index in [-0.39, 0.29) is 11.9 Å². The molecule has 132 valence electrons. The molecule has 4 rings (SSSR count). The topological polar surface area (TPSA) is 77.0 Å². The van der Waals surface area contributed by atoms with Gasteiger partial charge in [-0.2, -0.15) is 0 Å². The number of rotatable bonds is 5. The van der Waals surface area contributed by atoms with Gasteiger partial charge in [0.1, 0.15) is 0 Å². The Morgan fingerprint density at radius 2 is 2.23 bits per heavy atom.